The molecule has 4 aromatic rings. The molecule has 1 aliphatic rings. The van der Waals surface area contributed by atoms with Gasteiger partial charge in [0.1, 0.15) is 10.7 Å². The van der Waals surface area contributed by atoms with E-state index in [9.17, 15) is 9.90 Å². The first-order chi connectivity index (χ1) is 19.4. The number of rotatable bonds is 7. The maximum Gasteiger partial charge on any atom is 0.337 e. The van der Waals surface area contributed by atoms with E-state index < -0.39 is 17.7 Å². The van der Waals surface area contributed by atoms with Gasteiger partial charge >= 0.3 is 5.97 Å². The number of fused-ring (bicyclic) bond motifs is 1. The third-order valence-electron chi connectivity index (χ3n) is 7.36. The lowest BCUT2D eigenvalue weighted by Gasteiger charge is -2.35. The van der Waals surface area contributed by atoms with Gasteiger partial charge in [-0.05, 0) is 90.0 Å². The minimum absolute atomic E-state index is 0.569. The molecule has 10 heteroatoms. The quantitative estimate of drug-likeness (QED) is 0.249. The molecule has 1 N–H and O–H groups in total. The summed E-state index contributed by atoms with van der Waals surface area (Å²) in [6.45, 7) is 9.30. The van der Waals surface area contributed by atoms with Crippen LogP contribution >= 0.6 is 22.9 Å². The van der Waals surface area contributed by atoms with Crippen LogP contribution in [0.3, 0.4) is 0 Å². The van der Waals surface area contributed by atoms with E-state index >= 15 is 0 Å². The highest BCUT2D eigenvalue weighted by Gasteiger charge is 2.32. The molecule has 1 unspecified atom stereocenters. The number of hydrogen-bond donors (Lipinski definition) is 1. The van der Waals surface area contributed by atoms with Gasteiger partial charge in [0.2, 0.25) is 5.95 Å². The van der Waals surface area contributed by atoms with Crippen molar-refractivity contribution in [2.75, 3.05) is 32.1 Å². The first-order valence-corrected chi connectivity index (χ1v) is 15.0. The number of ether oxygens (including phenoxy) is 1. The number of aromatic nitrogens is 3. The van der Waals surface area contributed by atoms with Crippen LogP contribution in [0.2, 0.25) is 5.02 Å². The second-order valence-electron chi connectivity index (χ2n) is 11.7. The van der Waals surface area contributed by atoms with Crippen molar-refractivity contribution in [2.45, 2.75) is 58.3 Å². The number of thiazole rings is 1. The smallest absolute Gasteiger partial charge is 0.337 e. The monoisotopic (exact) mass is 593 g/mol. The first kappa shape index (κ1) is 29.4. The predicted molar refractivity (Wildman–Crippen MR) is 166 cm³/mol. The minimum Gasteiger partial charge on any atom is -0.479 e. The van der Waals surface area contributed by atoms with E-state index in [4.69, 9.17) is 26.3 Å². The fraction of sp³-hybridized carbons (Fsp3) is 0.419. The number of aryl methyl sites for hydroxylation is 1. The number of hydrogen-bond acceptors (Lipinski definition) is 8. The maximum atomic E-state index is 12.6. The Balaban J connectivity index is 1.62. The molecule has 1 aliphatic heterocycles. The average Bonchev–Trinajstić information content (AvgIpc) is 3.35. The van der Waals surface area contributed by atoms with Gasteiger partial charge < -0.3 is 19.6 Å². The largest absolute Gasteiger partial charge is 0.479 e. The van der Waals surface area contributed by atoms with Crippen molar-refractivity contribution in [3.63, 3.8) is 0 Å². The lowest BCUT2D eigenvalue weighted by molar-refractivity contribution is -0.160. The van der Waals surface area contributed by atoms with E-state index in [1.807, 2.05) is 64.1 Å². The molecule has 216 valence electrons. The molecule has 0 spiro atoms. The maximum absolute atomic E-state index is 12.6. The lowest BCUT2D eigenvalue weighted by atomic mass is 9.91. The highest BCUT2D eigenvalue weighted by atomic mass is 35.5. The zero-order chi connectivity index (χ0) is 29.5. The summed E-state index contributed by atoms with van der Waals surface area (Å²) in [6, 6.07) is 11.8. The van der Waals surface area contributed by atoms with Crippen LogP contribution in [-0.2, 0) is 9.53 Å². The van der Waals surface area contributed by atoms with Gasteiger partial charge in [0.25, 0.3) is 0 Å². The number of carbonyl (C=O) groups is 1. The van der Waals surface area contributed by atoms with Gasteiger partial charge in [-0.2, -0.15) is 0 Å². The van der Waals surface area contributed by atoms with Gasteiger partial charge in [0, 0.05) is 41.5 Å². The Kier molecular flexibility index (Phi) is 8.34. The molecular weight excluding hydrogens is 558 g/mol. The Hall–Kier alpha value is -3.11. The van der Waals surface area contributed by atoms with Crippen LogP contribution in [0.5, 0.6) is 0 Å². The summed E-state index contributed by atoms with van der Waals surface area (Å²) in [5.74, 6) is -0.334. The molecule has 0 saturated carbocycles. The van der Waals surface area contributed by atoms with Crippen molar-refractivity contribution >= 4 is 45.1 Å². The van der Waals surface area contributed by atoms with Crippen molar-refractivity contribution in [3.05, 3.63) is 58.7 Å². The van der Waals surface area contributed by atoms with E-state index in [1.54, 1.807) is 6.20 Å². The Labute approximate surface area is 250 Å². The number of benzene rings is 2. The van der Waals surface area contributed by atoms with E-state index in [0.29, 0.717) is 22.6 Å². The first-order valence-electron chi connectivity index (χ1n) is 13.8. The number of carboxylic acids is 1. The Bertz CT molecular complexity index is 1560. The molecule has 8 nitrogen and oxygen atoms in total. The number of aliphatic carboxylic acids is 1. The van der Waals surface area contributed by atoms with Crippen LogP contribution in [0.4, 0.5) is 5.95 Å². The van der Waals surface area contributed by atoms with Crippen LogP contribution < -0.4 is 4.90 Å². The van der Waals surface area contributed by atoms with Crippen LogP contribution in [0, 0.1) is 6.92 Å². The van der Waals surface area contributed by atoms with Crippen LogP contribution in [0.25, 0.3) is 32.0 Å². The Morgan fingerprint density at radius 3 is 2.44 bits per heavy atom. The normalized spacial score (nSPS) is 15.6. The van der Waals surface area contributed by atoms with E-state index in [2.05, 4.69) is 28.9 Å². The second kappa shape index (κ2) is 11.6. The third kappa shape index (κ3) is 6.38. The van der Waals surface area contributed by atoms with Crippen LogP contribution in [0.1, 0.15) is 50.8 Å². The van der Waals surface area contributed by atoms with Gasteiger partial charge in [-0.15, -0.1) is 11.3 Å². The molecule has 0 aliphatic carbocycles. The number of anilines is 1. The molecular formula is C31H36ClN5O3S. The SMILES string of the molecule is Cc1cc2nc(-c3ccnc(N4CCC(N(C)C)CC4)n3)sc2c(-c2ccc(Cl)cc2)c1C(OC(C)(C)C)C(=O)O. The lowest BCUT2D eigenvalue weighted by Crippen LogP contribution is -2.42. The summed E-state index contributed by atoms with van der Waals surface area (Å²) in [7, 11) is 4.26. The summed E-state index contributed by atoms with van der Waals surface area (Å²) < 4.78 is 7.00. The fourth-order valence-electron chi connectivity index (χ4n) is 5.35. The molecule has 2 aromatic heterocycles. The van der Waals surface area contributed by atoms with E-state index in [1.165, 1.54) is 11.3 Å². The van der Waals surface area contributed by atoms with Crippen molar-refractivity contribution in [3.8, 4) is 21.8 Å². The summed E-state index contributed by atoms with van der Waals surface area (Å²) >= 11 is 7.72. The van der Waals surface area contributed by atoms with Crippen molar-refractivity contribution in [1.82, 2.24) is 19.9 Å². The summed E-state index contributed by atoms with van der Waals surface area (Å²) in [4.78, 5) is 31.6. The van der Waals surface area contributed by atoms with Gasteiger partial charge in [-0.3, -0.25) is 0 Å². The van der Waals surface area contributed by atoms with E-state index in [0.717, 1.165) is 63.5 Å². The number of carboxylic acid groups (broad SMARTS) is 1. The van der Waals surface area contributed by atoms with Gasteiger partial charge in [0.05, 0.1) is 15.8 Å². The van der Waals surface area contributed by atoms with Crippen molar-refractivity contribution in [2.24, 2.45) is 0 Å². The molecule has 2 aromatic carbocycles. The molecule has 0 radical (unpaired) electrons. The van der Waals surface area contributed by atoms with E-state index in [-0.39, 0.29) is 0 Å². The highest BCUT2D eigenvalue weighted by molar-refractivity contribution is 7.22. The minimum atomic E-state index is -1.16. The fourth-order valence-corrected chi connectivity index (χ4v) is 6.57. The molecule has 1 fully saturated rings. The second-order valence-corrected chi connectivity index (χ2v) is 13.2. The zero-order valence-corrected chi connectivity index (χ0v) is 25.9. The van der Waals surface area contributed by atoms with Crippen LogP contribution in [0.15, 0.2) is 42.6 Å². The number of nitrogens with zero attached hydrogens (tertiary/aromatic N) is 5. The number of piperidine rings is 1. The molecule has 3 heterocycles. The molecule has 0 bridgehead atoms. The molecule has 1 atom stereocenters. The highest BCUT2D eigenvalue weighted by Crippen LogP contribution is 2.44. The molecule has 41 heavy (non-hydrogen) atoms. The van der Waals surface area contributed by atoms with Gasteiger partial charge in [-0.1, -0.05) is 23.7 Å². The van der Waals surface area contributed by atoms with Gasteiger partial charge in [-0.25, -0.2) is 19.7 Å². The molecule has 1 saturated heterocycles. The third-order valence-corrected chi connectivity index (χ3v) is 8.72. The van der Waals surface area contributed by atoms with Crippen LogP contribution in [-0.4, -0.2) is 69.8 Å². The average molecular weight is 594 g/mol. The zero-order valence-electron chi connectivity index (χ0n) is 24.3. The topological polar surface area (TPSA) is 91.7 Å². The summed E-state index contributed by atoms with van der Waals surface area (Å²) in [5, 5.41) is 11.7. The molecule has 0 amide bonds. The van der Waals surface area contributed by atoms with Gasteiger partial charge in [0.15, 0.2) is 6.10 Å². The standard InChI is InChI=1S/C31H36ClN5O3S/c1-18-17-23-27(25(19-7-9-20(32)10-8-19)24(18)26(29(38)39)40-31(2,3)4)41-28(34-23)22-11-14-33-30(35-22)37-15-12-21(13-16-37)36(5)6/h7-11,14,17,21,26H,12-13,15-16H2,1-6H3,(H,38,39). The summed E-state index contributed by atoms with van der Waals surface area (Å²) in [6.07, 6.45) is 2.76. The Morgan fingerprint density at radius 2 is 1.83 bits per heavy atom. The van der Waals surface area contributed by atoms with Crippen molar-refractivity contribution in [1.29, 1.82) is 0 Å². The number of halogens is 1. The summed E-state index contributed by atoms with van der Waals surface area (Å²) in [5.41, 5.74) is 3.91. The molecule has 5 rings (SSSR count). The Morgan fingerprint density at radius 1 is 1.15 bits per heavy atom. The predicted octanol–water partition coefficient (Wildman–Crippen LogP) is 6.85. The van der Waals surface area contributed by atoms with Crippen molar-refractivity contribution < 1.29 is 14.6 Å².